The quantitative estimate of drug-likeness (QED) is 0.832. The second-order valence-corrected chi connectivity index (χ2v) is 4.56. The van der Waals surface area contributed by atoms with E-state index in [0.717, 1.165) is 25.0 Å². The number of halogens is 5. The average molecular weight is 284 g/mol. The van der Waals surface area contributed by atoms with Gasteiger partial charge in [-0.1, -0.05) is 12.8 Å². The molecule has 0 heterocycles. The lowest BCUT2D eigenvalue weighted by Gasteiger charge is -2.14. The first-order valence-electron chi connectivity index (χ1n) is 5.49. The standard InChI is InChI=1S/C12H13F4N.ClH/c13-10-5-8(11(17)3-7-1-2-7)4-9(6-10)12(14,15)16;/h4-7,11H,1-3,17H2;1H/t11-;/m0./s1. The summed E-state index contributed by atoms with van der Waals surface area (Å²) in [5, 5.41) is 0. The highest BCUT2D eigenvalue weighted by molar-refractivity contribution is 5.85. The van der Waals surface area contributed by atoms with Crippen LogP contribution in [-0.4, -0.2) is 0 Å². The van der Waals surface area contributed by atoms with Crippen molar-refractivity contribution >= 4 is 12.4 Å². The molecule has 1 saturated carbocycles. The van der Waals surface area contributed by atoms with E-state index in [1.54, 1.807) is 0 Å². The van der Waals surface area contributed by atoms with E-state index in [-0.39, 0.29) is 18.0 Å². The third-order valence-corrected chi connectivity index (χ3v) is 2.96. The van der Waals surface area contributed by atoms with Crippen LogP contribution in [0.4, 0.5) is 17.6 Å². The molecule has 0 spiro atoms. The molecule has 1 aliphatic rings. The number of alkyl halides is 3. The van der Waals surface area contributed by atoms with E-state index < -0.39 is 23.6 Å². The molecule has 102 valence electrons. The number of benzene rings is 1. The normalized spacial score (nSPS) is 17.2. The van der Waals surface area contributed by atoms with Crippen molar-refractivity contribution in [3.05, 3.63) is 35.1 Å². The molecule has 0 bridgehead atoms. The first-order valence-corrected chi connectivity index (χ1v) is 5.49. The summed E-state index contributed by atoms with van der Waals surface area (Å²) < 4.78 is 50.6. The van der Waals surface area contributed by atoms with Crippen LogP contribution in [0.5, 0.6) is 0 Å². The lowest BCUT2D eigenvalue weighted by molar-refractivity contribution is -0.137. The van der Waals surface area contributed by atoms with Crippen LogP contribution in [0, 0.1) is 11.7 Å². The van der Waals surface area contributed by atoms with Crippen molar-refractivity contribution in [2.24, 2.45) is 11.7 Å². The summed E-state index contributed by atoms with van der Waals surface area (Å²) in [5.41, 5.74) is 5.04. The van der Waals surface area contributed by atoms with E-state index in [1.807, 2.05) is 0 Å². The minimum Gasteiger partial charge on any atom is -0.324 e. The van der Waals surface area contributed by atoms with Crippen LogP contribution in [0.3, 0.4) is 0 Å². The smallest absolute Gasteiger partial charge is 0.324 e. The van der Waals surface area contributed by atoms with Crippen LogP contribution in [0.2, 0.25) is 0 Å². The Kier molecular flexibility index (Phi) is 4.61. The van der Waals surface area contributed by atoms with Gasteiger partial charge in [0, 0.05) is 6.04 Å². The van der Waals surface area contributed by atoms with Crippen LogP contribution in [0.25, 0.3) is 0 Å². The van der Waals surface area contributed by atoms with Crippen LogP contribution in [0.15, 0.2) is 18.2 Å². The second-order valence-electron chi connectivity index (χ2n) is 4.56. The number of hydrogen-bond acceptors (Lipinski definition) is 1. The largest absolute Gasteiger partial charge is 0.416 e. The minimum absolute atomic E-state index is 0. The highest BCUT2D eigenvalue weighted by Gasteiger charge is 2.32. The fourth-order valence-corrected chi connectivity index (χ4v) is 1.84. The van der Waals surface area contributed by atoms with Gasteiger partial charge in [0.25, 0.3) is 0 Å². The van der Waals surface area contributed by atoms with E-state index in [4.69, 9.17) is 5.73 Å². The molecule has 2 rings (SSSR count). The van der Waals surface area contributed by atoms with Crippen molar-refractivity contribution in [3.8, 4) is 0 Å². The molecule has 0 aromatic heterocycles. The summed E-state index contributed by atoms with van der Waals surface area (Å²) in [5.74, 6) is -0.399. The first-order chi connectivity index (χ1) is 7.86. The lowest BCUT2D eigenvalue weighted by atomic mass is 9.99. The van der Waals surface area contributed by atoms with E-state index in [2.05, 4.69) is 0 Å². The fraction of sp³-hybridized carbons (Fsp3) is 0.500. The van der Waals surface area contributed by atoms with Crippen LogP contribution in [-0.2, 0) is 6.18 Å². The molecule has 1 nitrogen and oxygen atoms in total. The maximum Gasteiger partial charge on any atom is 0.416 e. The molecule has 0 aliphatic heterocycles. The molecular formula is C12H14ClF4N. The van der Waals surface area contributed by atoms with Crippen LogP contribution < -0.4 is 5.73 Å². The Bertz CT molecular complexity index is 415. The van der Waals surface area contributed by atoms with Gasteiger partial charge in [-0.3, -0.25) is 0 Å². The van der Waals surface area contributed by atoms with Crippen molar-refractivity contribution in [3.63, 3.8) is 0 Å². The van der Waals surface area contributed by atoms with Gasteiger partial charge in [0.15, 0.2) is 0 Å². The summed E-state index contributed by atoms with van der Waals surface area (Å²) >= 11 is 0. The Hall–Kier alpha value is -0.810. The van der Waals surface area contributed by atoms with Gasteiger partial charge in [0.1, 0.15) is 5.82 Å². The minimum atomic E-state index is -4.53. The lowest BCUT2D eigenvalue weighted by Crippen LogP contribution is -2.14. The molecule has 1 aromatic carbocycles. The zero-order valence-corrected chi connectivity index (χ0v) is 10.3. The highest BCUT2D eigenvalue weighted by Crippen LogP contribution is 2.38. The molecule has 2 N–H and O–H groups in total. The molecule has 0 unspecified atom stereocenters. The Morgan fingerprint density at radius 1 is 1.22 bits per heavy atom. The van der Waals surface area contributed by atoms with Crippen LogP contribution in [0.1, 0.15) is 36.4 Å². The molecule has 1 fully saturated rings. The number of rotatable bonds is 3. The van der Waals surface area contributed by atoms with Gasteiger partial charge in [0.05, 0.1) is 5.56 Å². The van der Waals surface area contributed by atoms with Gasteiger partial charge in [-0.15, -0.1) is 12.4 Å². The Labute approximate surface area is 109 Å². The van der Waals surface area contributed by atoms with Crippen molar-refractivity contribution in [1.82, 2.24) is 0 Å². The summed E-state index contributed by atoms with van der Waals surface area (Å²) in [7, 11) is 0. The van der Waals surface area contributed by atoms with E-state index in [9.17, 15) is 17.6 Å². The summed E-state index contributed by atoms with van der Waals surface area (Å²) in [6, 6.07) is 2.01. The summed E-state index contributed by atoms with van der Waals surface area (Å²) in [6.07, 6.45) is -1.78. The maximum atomic E-state index is 13.1. The van der Waals surface area contributed by atoms with Gasteiger partial charge in [0.2, 0.25) is 0 Å². The van der Waals surface area contributed by atoms with Crippen molar-refractivity contribution in [2.45, 2.75) is 31.5 Å². The fourth-order valence-electron chi connectivity index (χ4n) is 1.84. The Balaban J connectivity index is 0.00000162. The summed E-state index contributed by atoms with van der Waals surface area (Å²) in [4.78, 5) is 0. The zero-order chi connectivity index (χ0) is 12.6. The molecule has 0 amide bonds. The molecule has 0 radical (unpaired) electrons. The van der Waals surface area contributed by atoms with Gasteiger partial charge in [-0.25, -0.2) is 4.39 Å². The molecule has 0 saturated heterocycles. The molecule has 18 heavy (non-hydrogen) atoms. The third kappa shape index (κ3) is 3.85. The predicted octanol–water partition coefficient (Wildman–Crippen LogP) is 4.07. The molecule has 1 atom stereocenters. The molecule has 6 heteroatoms. The Morgan fingerprint density at radius 2 is 1.83 bits per heavy atom. The van der Waals surface area contributed by atoms with Gasteiger partial charge < -0.3 is 5.73 Å². The molecular weight excluding hydrogens is 270 g/mol. The van der Waals surface area contributed by atoms with Gasteiger partial charge in [-0.2, -0.15) is 13.2 Å². The number of hydrogen-bond donors (Lipinski definition) is 1. The highest BCUT2D eigenvalue weighted by atomic mass is 35.5. The third-order valence-electron chi connectivity index (χ3n) is 2.96. The van der Waals surface area contributed by atoms with Gasteiger partial charge in [-0.05, 0) is 36.1 Å². The maximum absolute atomic E-state index is 13.1. The topological polar surface area (TPSA) is 26.0 Å². The molecule has 1 aliphatic carbocycles. The van der Waals surface area contributed by atoms with Crippen molar-refractivity contribution < 1.29 is 17.6 Å². The molecule has 1 aromatic rings. The SMILES string of the molecule is Cl.N[C@@H](CC1CC1)c1cc(F)cc(C(F)(F)F)c1. The van der Waals surface area contributed by atoms with Crippen LogP contribution >= 0.6 is 12.4 Å². The van der Waals surface area contributed by atoms with E-state index in [1.165, 1.54) is 0 Å². The second kappa shape index (κ2) is 5.45. The predicted molar refractivity (Wildman–Crippen MR) is 62.9 cm³/mol. The Morgan fingerprint density at radius 3 is 2.33 bits per heavy atom. The van der Waals surface area contributed by atoms with E-state index in [0.29, 0.717) is 18.4 Å². The average Bonchev–Trinajstić information content (AvgIpc) is 2.99. The summed E-state index contributed by atoms with van der Waals surface area (Å²) in [6.45, 7) is 0. The van der Waals surface area contributed by atoms with E-state index >= 15 is 0 Å². The monoisotopic (exact) mass is 283 g/mol. The van der Waals surface area contributed by atoms with Gasteiger partial charge >= 0.3 is 6.18 Å². The van der Waals surface area contributed by atoms with Crippen molar-refractivity contribution in [2.75, 3.05) is 0 Å². The zero-order valence-electron chi connectivity index (χ0n) is 9.51. The van der Waals surface area contributed by atoms with Crippen molar-refractivity contribution in [1.29, 1.82) is 0 Å². The first kappa shape index (κ1) is 15.2. The number of nitrogens with two attached hydrogens (primary N) is 1.